The molecule has 0 bridgehead atoms. The van der Waals surface area contributed by atoms with Crippen molar-refractivity contribution in [3.63, 3.8) is 0 Å². The van der Waals surface area contributed by atoms with Gasteiger partial charge < -0.3 is 5.32 Å². The maximum absolute atomic E-state index is 11.8. The summed E-state index contributed by atoms with van der Waals surface area (Å²) in [5.41, 5.74) is 0.947. The molecule has 20 heavy (non-hydrogen) atoms. The number of amides is 1. The number of rotatable bonds is 6. The number of carbonyl (C=O) groups is 1. The van der Waals surface area contributed by atoms with Crippen LogP contribution in [0.5, 0.6) is 0 Å². The molecule has 0 aliphatic carbocycles. The normalized spacial score (nSPS) is 12.3. The Morgan fingerprint density at radius 2 is 2.30 bits per heavy atom. The number of carbonyl (C=O) groups excluding carboxylic acids is 1. The topological polar surface area (TPSA) is 71.0 Å². The average molecular weight is 291 g/mol. The lowest BCUT2D eigenvalue weighted by Crippen LogP contribution is -2.27. The largest absolute Gasteiger partial charge is 0.302 e. The first-order valence-corrected chi connectivity index (χ1v) is 7.20. The molecule has 1 N–H and O–H groups in total. The van der Waals surface area contributed by atoms with E-state index >= 15 is 0 Å². The Balaban J connectivity index is 1.80. The average Bonchev–Trinajstić information content (AvgIpc) is 2.97. The van der Waals surface area contributed by atoms with Crippen molar-refractivity contribution in [2.45, 2.75) is 19.4 Å². The Morgan fingerprint density at radius 3 is 2.95 bits per heavy atom. The summed E-state index contributed by atoms with van der Waals surface area (Å²) in [6.45, 7) is 2.71. The Hall–Kier alpha value is -1.86. The van der Waals surface area contributed by atoms with Crippen LogP contribution in [0.3, 0.4) is 0 Å². The molecule has 0 saturated carbocycles. The van der Waals surface area contributed by atoms with Crippen molar-refractivity contribution in [3.05, 3.63) is 35.9 Å². The minimum atomic E-state index is -0.0262. The van der Waals surface area contributed by atoms with E-state index in [2.05, 4.69) is 32.1 Å². The van der Waals surface area contributed by atoms with Gasteiger partial charge in [0.2, 0.25) is 5.91 Å². The van der Waals surface area contributed by atoms with Crippen LogP contribution in [0.1, 0.15) is 25.1 Å². The minimum absolute atomic E-state index is 0.0262. The molecule has 0 radical (unpaired) electrons. The van der Waals surface area contributed by atoms with Crippen molar-refractivity contribution < 1.29 is 4.79 Å². The van der Waals surface area contributed by atoms with Gasteiger partial charge in [-0.25, -0.2) is 15.0 Å². The Kier molecular flexibility index (Phi) is 5.14. The second-order valence-corrected chi connectivity index (χ2v) is 5.32. The van der Waals surface area contributed by atoms with Gasteiger partial charge in [0.25, 0.3) is 0 Å². The third-order valence-corrected chi connectivity index (χ3v) is 3.75. The summed E-state index contributed by atoms with van der Waals surface area (Å²) in [4.78, 5) is 26.0. The van der Waals surface area contributed by atoms with Crippen molar-refractivity contribution in [1.82, 2.24) is 19.9 Å². The van der Waals surface area contributed by atoms with E-state index in [4.69, 9.17) is 0 Å². The van der Waals surface area contributed by atoms with E-state index in [1.165, 1.54) is 17.7 Å². The molecule has 0 spiro atoms. The summed E-state index contributed by atoms with van der Waals surface area (Å²) in [6.07, 6.45) is 5.35. The van der Waals surface area contributed by atoms with Gasteiger partial charge in [-0.05, 0) is 20.0 Å². The van der Waals surface area contributed by atoms with Crippen LogP contribution in [0.15, 0.2) is 30.2 Å². The zero-order valence-electron chi connectivity index (χ0n) is 11.5. The quantitative estimate of drug-likeness (QED) is 0.881. The minimum Gasteiger partial charge on any atom is -0.302 e. The van der Waals surface area contributed by atoms with Gasteiger partial charge in [0, 0.05) is 36.8 Å². The van der Waals surface area contributed by atoms with Gasteiger partial charge in [-0.15, -0.1) is 11.3 Å². The van der Waals surface area contributed by atoms with E-state index in [-0.39, 0.29) is 11.9 Å². The molecule has 0 aliphatic rings. The molecule has 0 aromatic carbocycles. The van der Waals surface area contributed by atoms with Crippen LogP contribution < -0.4 is 5.32 Å². The number of nitrogens with one attached hydrogen (secondary N) is 1. The van der Waals surface area contributed by atoms with Crippen LogP contribution in [-0.2, 0) is 4.79 Å². The fraction of sp³-hybridized carbons (Fsp3) is 0.385. The molecule has 7 heteroatoms. The van der Waals surface area contributed by atoms with Crippen LogP contribution in [0.4, 0.5) is 5.13 Å². The van der Waals surface area contributed by atoms with Gasteiger partial charge in [-0.1, -0.05) is 0 Å². The van der Waals surface area contributed by atoms with Crippen LogP contribution in [0.2, 0.25) is 0 Å². The summed E-state index contributed by atoms with van der Waals surface area (Å²) in [5, 5.41) is 5.24. The third-order valence-electron chi connectivity index (χ3n) is 3.06. The zero-order chi connectivity index (χ0) is 14.4. The Morgan fingerprint density at radius 1 is 1.45 bits per heavy atom. The van der Waals surface area contributed by atoms with E-state index in [0.717, 1.165) is 5.69 Å². The molecule has 2 heterocycles. The van der Waals surface area contributed by atoms with Crippen molar-refractivity contribution in [1.29, 1.82) is 0 Å². The van der Waals surface area contributed by atoms with Crippen LogP contribution in [0.25, 0.3) is 0 Å². The van der Waals surface area contributed by atoms with Gasteiger partial charge in [-0.2, -0.15) is 0 Å². The second kappa shape index (κ2) is 7.06. The van der Waals surface area contributed by atoms with Gasteiger partial charge in [0.05, 0.1) is 5.69 Å². The second-order valence-electron chi connectivity index (χ2n) is 4.43. The van der Waals surface area contributed by atoms with E-state index in [9.17, 15) is 4.79 Å². The smallest absolute Gasteiger partial charge is 0.227 e. The summed E-state index contributed by atoms with van der Waals surface area (Å²) in [6, 6.07) is 2.03. The molecule has 0 saturated heterocycles. The predicted octanol–water partition coefficient (Wildman–Crippen LogP) is 1.95. The van der Waals surface area contributed by atoms with Gasteiger partial charge in [0.15, 0.2) is 5.13 Å². The highest BCUT2D eigenvalue weighted by Crippen LogP contribution is 2.16. The number of thiazole rings is 1. The molecular formula is C13H17N5OS. The molecule has 2 aromatic rings. The lowest BCUT2D eigenvalue weighted by molar-refractivity contribution is -0.116. The number of hydrogen-bond acceptors (Lipinski definition) is 6. The van der Waals surface area contributed by atoms with Crippen molar-refractivity contribution in [3.8, 4) is 0 Å². The Labute approximate surface area is 121 Å². The standard InChI is InChI=1S/C13H17N5OS/c1-10(11-3-5-14-9-16-11)18(2)7-4-12(19)17-13-15-6-8-20-13/h3,5-6,8-10H,4,7H2,1-2H3,(H,15,17,19)/t10-/m0/s1. The lowest BCUT2D eigenvalue weighted by Gasteiger charge is -2.23. The molecular weight excluding hydrogens is 274 g/mol. The summed E-state index contributed by atoms with van der Waals surface area (Å²) in [5.74, 6) is -0.0262. The number of nitrogens with zero attached hydrogens (tertiary/aromatic N) is 4. The third kappa shape index (κ3) is 4.07. The molecule has 0 unspecified atom stereocenters. The SMILES string of the molecule is C[C@@H](c1ccncn1)N(C)CCC(=O)Nc1nccs1. The summed E-state index contributed by atoms with van der Waals surface area (Å²) in [7, 11) is 1.98. The van der Waals surface area contributed by atoms with Crippen LogP contribution in [0, 0.1) is 0 Å². The number of aromatic nitrogens is 3. The van der Waals surface area contributed by atoms with Crippen molar-refractivity contribution in [2.75, 3.05) is 18.9 Å². The van der Waals surface area contributed by atoms with Gasteiger partial charge in [-0.3, -0.25) is 9.69 Å². The number of hydrogen-bond donors (Lipinski definition) is 1. The molecule has 0 aliphatic heterocycles. The molecule has 2 rings (SSSR count). The highest BCUT2D eigenvalue weighted by molar-refractivity contribution is 7.13. The van der Waals surface area contributed by atoms with E-state index in [1.807, 2.05) is 18.5 Å². The van der Waals surface area contributed by atoms with Crippen LogP contribution >= 0.6 is 11.3 Å². The summed E-state index contributed by atoms with van der Waals surface area (Å²) < 4.78 is 0. The van der Waals surface area contributed by atoms with Gasteiger partial charge >= 0.3 is 0 Å². The first kappa shape index (κ1) is 14.5. The molecule has 1 amide bonds. The maximum atomic E-state index is 11.8. The van der Waals surface area contributed by atoms with Gasteiger partial charge in [0.1, 0.15) is 6.33 Å². The van der Waals surface area contributed by atoms with Crippen molar-refractivity contribution >= 4 is 22.4 Å². The lowest BCUT2D eigenvalue weighted by atomic mass is 10.2. The Bertz CT molecular complexity index is 531. The van der Waals surface area contributed by atoms with E-state index in [1.54, 1.807) is 12.4 Å². The molecule has 0 fully saturated rings. The first-order valence-electron chi connectivity index (χ1n) is 6.32. The molecule has 2 aromatic heterocycles. The van der Waals surface area contributed by atoms with E-state index < -0.39 is 0 Å². The maximum Gasteiger partial charge on any atom is 0.227 e. The molecule has 1 atom stereocenters. The van der Waals surface area contributed by atoms with Crippen LogP contribution in [-0.4, -0.2) is 39.4 Å². The monoisotopic (exact) mass is 291 g/mol. The molecule has 6 nitrogen and oxygen atoms in total. The fourth-order valence-electron chi connectivity index (χ4n) is 1.71. The van der Waals surface area contributed by atoms with Crippen molar-refractivity contribution in [2.24, 2.45) is 0 Å². The highest BCUT2D eigenvalue weighted by atomic mass is 32.1. The fourth-order valence-corrected chi connectivity index (χ4v) is 2.26. The highest BCUT2D eigenvalue weighted by Gasteiger charge is 2.14. The predicted molar refractivity (Wildman–Crippen MR) is 78.4 cm³/mol. The number of anilines is 1. The zero-order valence-corrected chi connectivity index (χ0v) is 12.3. The van der Waals surface area contributed by atoms with E-state index in [0.29, 0.717) is 18.1 Å². The molecule has 106 valence electrons. The first-order chi connectivity index (χ1) is 9.66. The summed E-state index contributed by atoms with van der Waals surface area (Å²) >= 11 is 1.42.